The molecule has 1 aromatic carbocycles. The molecule has 6 heteroatoms. The van der Waals surface area contributed by atoms with Crippen LogP contribution in [0.2, 0.25) is 0 Å². The van der Waals surface area contributed by atoms with E-state index >= 15 is 0 Å². The summed E-state index contributed by atoms with van der Waals surface area (Å²) in [6.07, 6.45) is 2.38. The van der Waals surface area contributed by atoms with Crippen LogP contribution in [-0.2, 0) is 0 Å². The summed E-state index contributed by atoms with van der Waals surface area (Å²) in [6, 6.07) is 7.10. The fourth-order valence-corrected chi connectivity index (χ4v) is 2.07. The van der Waals surface area contributed by atoms with Gasteiger partial charge in [0.15, 0.2) is 0 Å². The van der Waals surface area contributed by atoms with E-state index < -0.39 is 4.92 Å². The summed E-state index contributed by atoms with van der Waals surface area (Å²) in [4.78, 5) is 12.7. The smallest absolute Gasteiger partial charge is 0.292 e. The molecule has 0 unspecified atom stereocenters. The summed E-state index contributed by atoms with van der Waals surface area (Å²) >= 11 is 0. The minimum Gasteiger partial charge on any atom is -0.497 e. The minimum atomic E-state index is -0.392. The van der Waals surface area contributed by atoms with E-state index in [9.17, 15) is 10.1 Å². The van der Waals surface area contributed by atoms with E-state index in [1.54, 1.807) is 12.1 Å². The van der Waals surface area contributed by atoms with Gasteiger partial charge in [-0.1, -0.05) is 0 Å². The van der Waals surface area contributed by atoms with Gasteiger partial charge in [-0.3, -0.25) is 10.1 Å². The van der Waals surface area contributed by atoms with Gasteiger partial charge in [0.05, 0.1) is 24.5 Å². The highest BCUT2D eigenvalue weighted by Gasteiger charge is 2.32. The Kier molecular flexibility index (Phi) is 3.85. The van der Waals surface area contributed by atoms with Crippen molar-refractivity contribution in [1.82, 2.24) is 0 Å². The molecule has 0 spiro atoms. The molecular weight excluding hydrogens is 246 g/mol. The van der Waals surface area contributed by atoms with E-state index in [1.165, 1.54) is 13.2 Å². The number of nitro benzene ring substituents is 1. The first-order chi connectivity index (χ1) is 9.17. The van der Waals surface area contributed by atoms with Crippen molar-refractivity contribution >= 4 is 11.4 Å². The summed E-state index contributed by atoms with van der Waals surface area (Å²) in [5, 5.41) is 19.8. The summed E-state index contributed by atoms with van der Waals surface area (Å²) in [5.74, 6) is 0.586. The van der Waals surface area contributed by atoms with Crippen LogP contribution in [0.1, 0.15) is 19.3 Å². The predicted molar refractivity (Wildman–Crippen MR) is 70.2 cm³/mol. The van der Waals surface area contributed by atoms with Crippen LogP contribution in [0.15, 0.2) is 18.2 Å². The zero-order valence-electron chi connectivity index (χ0n) is 10.7. The number of ether oxygens (including phenoxy) is 1. The predicted octanol–water partition coefficient (Wildman–Crippen LogP) is 2.49. The Labute approximate surface area is 111 Å². The molecule has 0 radical (unpaired) electrons. The second-order valence-electron chi connectivity index (χ2n) is 4.44. The van der Waals surface area contributed by atoms with Crippen LogP contribution < -0.4 is 9.64 Å². The number of benzene rings is 1. The summed E-state index contributed by atoms with van der Waals surface area (Å²) in [7, 11) is 1.53. The second kappa shape index (κ2) is 5.57. The number of methoxy groups -OCH3 is 1. The summed E-state index contributed by atoms with van der Waals surface area (Å²) in [5.41, 5.74) is 0.604. The fourth-order valence-electron chi connectivity index (χ4n) is 2.07. The minimum absolute atomic E-state index is 0.0608. The fraction of sp³-hybridized carbons (Fsp3) is 0.462. The molecule has 6 nitrogen and oxygen atoms in total. The first-order valence-corrected chi connectivity index (χ1v) is 6.13. The molecule has 1 saturated carbocycles. The van der Waals surface area contributed by atoms with Gasteiger partial charge in [-0.05, 0) is 18.9 Å². The van der Waals surface area contributed by atoms with E-state index in [-0.39, 0.29) is 5.69 Å². The Bertz CT molecular complexity index is 520. The Morgan fingerprint density at radius 2 is 2.32 bits per heavy atom. The third-order valence-corrected chi connectivity index (χ3v) is 3.14. The van der Waals surface area contributed by atoms with Crippen LogP contribution >= 0.6 is 0 Å². The van der Waals surface area contributed by atoms with Crippen LogP contribution in [0.3, 0.4) is 0 Å². The molecule has 0 saturated heterocycles. The van der Waals surface area contributed by atoms with Crippen molar-refractivity contribution in [3.63, 3.8) is 0 Å². The number of anilines is 1. The molecule has 0 aromatic heterocycles. The van der Waals surface area contributed by atoms with Gasteiger partial charge in [0.1, 0.15) is 11.4 Å². The van der Waals surface area contributed by atoms with Crippen molar-refractivity contribution in [2.24, 2.45) is 0 Å². The van der Waals surface area contributed by atoms with Gasteiger partial charge in [0, 0.05) is 24.7 Å². The molecule has 19 heavy (non-hydrogen) atoms. The SMILES string of the molecule is COc1ccc([N+](=O)[O-])c(N(CCC#N)C2CC2)c1. The quantitative estimate of drug-likeness (QED) is 0.580. The average Bonchev–Trinajstić information content (AvgIpc) is 3.23. The molecular formula is C13H15N3O3. The first kappa shape index (κ1) is 13.1. The molecule has 1 aromatic rings. The third-order valence-electron chi connectivity index (χ3n) is 3.14. The molecule has 2 rings (SSSR count). The number of hydrogen-bond donors (Lipinski definition) is 0. The highest BCUT2D eigenvalue weighted by molar-refractivity contribution is 5.67. The first-order valence-electron chi connectivity index (χ1n) is 6.13. The Balaban J connectivity index is 2.37. The number of nitriles is 1. The van der Waals surface area contributed by atoms with Crippen molar-refractivity contribution in [1.29, 1.82) is 5.26 Å². The Morgan fingerprint density at radius 3 is 2.84 bits per heavy atom. The molecule has 100 valence electrons. The second-order valence-corrected chi connectivity index (χ2v) is 4.44. The van der Waals surface area contributed by atoms with Gasteiger partial charge < -0.3 is 9.64 Å². The Morgan fingerprint density at radius 1 is 1.58 bits per heavy atom. The lowest BCUT2D eigenvalue weighted by Crippen LogP contribution is -2.27. The maximum atomic E-state index is 11.1. The highest BCUT2D eigenvalue weighted by Crippen LogP contribution is 2.38. The number of hydrogen-bond acceptors (Lipinski definition) is 5. The van der Waals surface area contributed by atoms with Crippen LogP contribution in [-0.4, -0.2) is 24.6 Å². The molecule has 1 fully saturated rings. The van der Waals surface area contributed by atoms with Crippen LogP contribution in [0, 0.1) is 21.4 Å². The molecule has 1 aliphatic carbocycles. The van der Waals surface area contributed by atoms with Gasteiger partial charge >= 0.3 is 0 Å². The van der Waals surface area contributed by atoms with Crippen LogP contribution in [0.5, 0.6) is 5.75 Å². The van der Waals surface area contributed by atoms with Gasteiger partial charge in [0.25, 0.3) is 5.69 Å². The average molecular weight is 261 g/mol. The molecule has 0 amide bonds. The molecule has 0 atom stereocenters. The topological polar surface area (TPSA) is 79.4 Å². The number of nitrogens with zero attached hydrogens (tertiary/aromatic N) is 3. The maximum absolute atomic E-state index is 11.1. The lowest BCUT2D eigenvalue weighted by Gasteiger charge is -2.23. The number of rotatable bonds is 6. The van der Waals surface area contributed by atoms with Gasteiger partial charge in [-0.2, -0.15) is 5.26 Å². The van der Waals surface area contributed by atoms with Crippen molar-refractivity contribution < 1.29 is 9.66 Å². The van der Waals surface area contributed by atoms with E-state index in [1.807, 2.05) is 4.90 Å². The molecule has 0 aliphatic heterocycles. The maximum Gasteiger partial charge on any atom is 0.292 e. The monoisotopic (exact) mass is 261 g/mol. The molecule has 1 aliphatic rings. The molecule has 0 N–H and O–H groups in total. The zero-order chi connectivity index (χ0) is 13.8. The lowest BCUT2D eigenvalue weighted by molar-refractivity contribution is -0.384. The zero-order valence-corrected chi connectivity index (χ0v) is 10.7. The van der Waals surface area contributed by atoms with Gasteiger partial charge in [-0.25, -0.2) is 0 Å². The standard InChI is InChI=1S/C13H15N3O3/c1-19-11-5-6-12(16(17)18)13(9-11)15(8-2-7-14)10-3-4-10/h5-6,9-10H,2-4,8H2,1H3. The van der Waals surface area contributed by atoms with E-state index in [0.717, 1.165) is 12.8 Å². The normalized spacial score (nSPS) is 13.7. The highest BCUT2D eigenvalue weighted by atomic mass is 16.6. The van der Waals surface area contributed by atoms with Gasteiger partial charge in [0.2, 0.25) is 0 Å². The van der Waals surface area contributed by atoms with Crippen LogP contribution in [0.4, 0.5) is 11.4 Å². The van der Waals surface area contributed by atoms with E-state index in [4.69, 9.17) is 10.00 Å². The van der Waals surface area contributed by atoms with Crippen molar-refractivity contribution in [3.05, 3.63) is 28.3 Å². The van der Waals surface area contributed by atoms with E-state index in [2.05, 4.69) is 6.07 Å². The Hall–Kier alpha value is -2.29. The lowest BCUT2D eigenvalue weighted by atomic mass is 10.2. The summed E-state index contributed by atoms with van der Waals surface area (Å²) < 4.78 is 5.13. The molecule has 0 heterocycles. The van der Waals surface area contributed by atoms with Crippen molar-refractivity contribution in [2.45, 2.75) is 25.3 Å². The largest absolute Gasteiger partial charge is 0.497 e. The summed E-state index contributed by atoms with van der Waals surface area (Å²) in [6.45, 7) is 0.509. The van der Waals surface area contributed by atoms with E-state index in [0.29, 0.717) is 30.4 Å². The number of nitro groups is 1. The van der Waals surface area contributed by atoms with Crippen molar-refractivity contribution in [3.8, 4) is 11.8 Å². The van der Waals surface area contributed by atoms with Crippen molar-refractivity contribution in [2.75, 3.05) is 18.6 Å². The molecule has 0 bridgehead atoms. The van der Waals surface area contributed by atoms with Gasteiger partial charge in [-0.15, -0.1) is 0 Å². The third kappa shape index (κ3) is 2.94. The van der Waals surface area contributed by atoms with Crippen LogP contribution in [0.25, 0.3) is 0 Å².